The van der Waals surface area contributed by atoms with E-state index >= 15 is 0 Å². The van der Waals surface area contributed by atoms with Gasteiger partial charge in [0.15, 0.2) is 0 Å². The van der Waals surface area contributed by atoms with E-state index in [-0.39, 0.29) is 5.75 Å². The zero-order valence-corrected chi connectivity index (χ0v) is 9.86. The number of aliphatic hydroxyl groups excluding tert-OH is 1. The van der Waals surface area contributed by atoms with Crippen molar-refractivity contribution in [2.24, 2.45) is 0 Å². The Hall–Kier alpha value is -1.21. The number of nitrogens with two attached hydrogens (primary N) is 1. The minimum atomic E-state index is -3.97. The second-order valence-electron chi connectivity index (χ2n) is 2.21. The van der Waals surface area contributed by atoms with Crippen LogP contribution in [0.2, 0.25) is 0 Å². The lowest BCUT2D eigenvalue weighted by molar-refractivity contribution is -0.622. The summed E-state index contributed by atoms with van der Waals surface area (Å²) in [6.45, 7) is 0.895. The molecule has 0 aliphatic heterocycles. The van der Waals surface area contributed by atoms with Gasteiger partial charge in [-0.1, -0.05) is 0 Å². The second-order valence-corrected chi connectivity index (χ2v) is 3.74. The molecule has 0 aromatic carbocycles. The van der Waals surface area contributed by atoms with E-state index in [1.807, 2.05) is 0 Å². The summed E-state index contributed by atoms with van der Waals surface area (Å²) in [5.41, 5.74) is 0. The number of rotatable bonds is 4. The maximum atomic E-state index is 9.81. The molecule has 0 atom stereocenters. The SMILES string of the molecule is CC#N.C[NH2+]CCS(=O)(=O)[O-].O=C([O-])CO. The average molecular weight is 255 g/mol. The Morgan fingerprint density at radius 2 is 1.88 bits per heavy atom. The van der Waals surface area contributed by atoms with E-state index in [9.17, 15) is 13.0 Å². The van der Waals surface area contributed by atoms with Gasteiger partial charge in [-0.25, -0.2) is 8.42 Å². The molecule has 0 heterocycles. The number of hydrogen-bond donors (Lipinski definition) is 2. The second kappa shape index (κ2) is 13.8. The number of carboxylic acids is 1. The quantitative estimate of drug-likeness (QED) is 0.484. The Labute approximate surface area is 94.3 Å². The summed E-state index contributed by atoms with van der Waals surface area (Å²) in [5.74, 6) is -1.71. The summed E-state index contributed by atoms with van der Waals surface area (Å²) in [7, 11) is -2.25. The third kappa shape index (κ3) is 53.0. The molecule has 0 unspecified atom stereocenters. The van der Waals surface area contributed by atoms with Gasteiger partial charge in [0.25, 0.3) is 0 Å². The highest BCUT2D eigenvalue weighted by Crippen LogP contribution is 1.73. The zero-order chi connectivity index (χ0) is 13.6. The van der Waals surface area contributed by atoms with E-state index in [2.05, 4.69) is 0 Å². The fourth-order valence-corrected chi connectivity index (χ4v) is 0.787. The highest BCUT2D eigenvalue weighted by Gasteiger charge is 1.92. The van der Waals surface area contributed by atoms with Crippen LogP contribution in [0.5, 0.6) is 0 Å². The number of nitrogens with zero attached hydrogens (tertiary/aromatic N) is 1. The molecule has 0 aliphatic carbocycles. The van der Waals surface area contributed by atoms with Crippen molar-refractivity contribution in [3.63, 3.8) is 0 Å². The summed E-state index contributed by atoms with van der Waals surface area (Å²) in [6, 6.07) is 1.75. The van der Waals surface area contributed by atoms with E-state index in [4.69, 9.17) is 20.3 Å². The number of carbonyl (C=O) groups excluding carboxylic acids is 1. The van der Waals surface area contributed by atoms with Crippen LogP contribution in [0.25, 0.3) is 0 Å². The molecule has 9 heteroatoms. The zero-order valence-electron chi connectivity index (χ0n) is 9.04. The first-order valence-electron chi connectivity index (χ1n) is 4.08. The van der Waals surface area contributed by atoms with Crippen molar-refractivity contribution < 1.29 is 33.3 Å². The number of aliphatic hydroxyl groups is 1. The van der Waals surface area contributed by atoms with Crippen molar-refractivity contribution in [3.05, 3.63) is 0 Å². The molecular formula is C7H15N2O6S-. The fraction of sp³-hybridized carbons (Fsp3) is 0.714. The molecule has 0 saturated heterocycles. The molecular weight excluding hydrogens is 240 g/mol. The first-order chi connectivity index (χ1) is 7.24. The molecule has 0 amide bonds. The highest BCUT2D eigenvalue weighted by atomic mass is 32.2. The molecule has 0 aromatic rings. The molecule has 96 valence electrons. The Balaban J connectivity index is -0.000000181. The van der Waals surface area contributed by atoms with E-state index in [0.29, 0.717) is 6.54 Å². The maximum Gasteiger partial charge on any atom is 0.100 e. The van der Waals surface area contributed by atoms with Gasteiger partial charge in [0.2, 0.25) is 0 Å². The lowest BCUT2D eigenvalue weighted by Crippen LogP contribution is -2.80. The van der Waals surface area contributed by atoms with Gasteiger partial charge in [0.05, 0.1) is 38.0 Å². The standard InChI is InChI=1S/C3H9NO3S.C2H3N.C2H4O3/c1-4-2-3-8(5,6)7;1-2-3;3-1-2(4)5/h4H,2-3H2,1H3,(H,5,6,7);1H3;3H,1H2,(H,4,5)/p-1. The molecule has 0 saturated carbocycles. The number of carboxylic acid groups (broad SMARTS) is 1. The maximum absolute atomic E-state index is 9.81. The van der Waals surface area contributed by atoms with Crippen LogP contribution in [0, 0.1) is 11.3 Å². The van der Waals surface area contributed by atoms with E-state index < -0.39 is 22.7 Å². The van der Waals surface area contributed by atoms with Gasteiger partial charge in [0.1, 0.15) is 10.1 Å². The van der Waals surface area contributed by atoms with E-state index in [1.54, 1.807) is 18.4 Å². The molecule has 0 bridgehead atoms. The lowest BCUT2D eigenvalue weighted by atomic mass is 10.8. The van der Waals surface area contributed by atoms with Crippen LogP contribution in [0.1, 0.15) is 6.92 Å². The van der Waals surface area contributed by atoms with Crippen LogP contribution >= 0.6 is 0 Å². The molecule has 8 nitrogen and oxygen atoms in total. The summed E-state index contributed by atoms with van der Waals surface area (Å²) >= 11 is 0. The molecule has 16 heavy (non-hydrogen) atoms. The Kier molecular flexibility index (Phi) is 17.4. The van der Waals surface area contributed by atoms with Gasteiger partial charge in [-0.2, -0.15) is 5.26 Å². The molecule has 0 spiro atoms. The van der Waals surface area contributed by atoms with Crippen molar-refractivity contribution in [3.8, 4) is 6.07 Å². The molecule has 0 aliphatic rings. The minimum absolute atomic E-state index is 0.274. The summed E-state index contributed by atoms with van der Waals surface area (Å²) < 4.78 is 29.4. The minimum Gasteiger partial charge on any atom is -0.748 e. The fourth-order valence-electron chi connectivity index (χ4n) is 0.262. The van der Waals surface area contributed by atoms with Crippen molar-refractivity contribution >= 4 is 16.1 Å². The first-order valence-corrected chi connectivity index (χ1v) is 5.65. The van der Waals surface area contributed by atoms with Crippen LogP contribution in [0.3, 0.4) is 0 Å². The molecule has 0 radical (unpaired) electrons. The van der Waals surface area contributed by atoms with Gasteiger partial charge in [-0.05, 0) is 0 Å². The third-order valence-corrected chi connectivity index (χ3v) is 1.52. The largest absolute Gasteiger partial charge is 0.748 e. The number of carbonyl (C=O) groups is 1. The van der Waals surface area contributed by atoms with Crippen molar-refractivity contribution in [2.75, 3.05) is 26.0 Å². The van der Waals surface area contributed by atoms with Crippen molar-refractivity contribution in [1.82, 2.24) is 0 Å². The first kappa shape index (κ1) is 20.2. The van der Waals surface area contributed by atoms with Crippen LogP contribution in [-0.2, 0) is 14.9 Å². The predicted octanol–water partition coefficient (Wildman–Crippen LogP) is -4.02. The highest BCUT2D eigenvalue weighted by molar-refractivity contribution is 7.85. The average Bonchev–Trinajstić information content (AvgIpc) is 2.16. The predicted molar refractivity (Wildman–Crippen MR) is 50.7 cm³/mol. The molecule has 3 N–H and O–H groups in total. The van der Waals surface area contributed by atoms with Gasteiger partial charge < -0.3 is 24.9 Å². The van der Waals surface area contributed by atoms with Crippen molar-refractivity contribution in [2.45, 2.75) is 6.92 Å². The van der Waals surface area contributed by atoms with Crippen molar-refractivity contribution in [1.29, 1.82) is 5.26 Å². The number of aliphatic carboxylic acids is 1. The van der Waals surface area contributed by atoms with E-state index in [0.717, 1.165) is 0 Å². The number of nitriles is 1. The number of quaternary nitrogens is 1. The van der Waals surface area contributed by atoms with E-state index in [1.165, 1.54) is 6.92 Å². The van der Waals surface area contributed by atoms with Crippen LogP contribution in [-0.4, -0.2) is 50.0 Å². The van der Waals surface area contributed by atoms with Crippen LogP contribution in [0.4, 0.5) is 0 Å². The van der Waals surface area contributed by atoms with Crippen LogP contribution < -0.4 is 10.4 Å². The molecule has 0 aromatic heterocycles. The summed E-state index contributed by atoms with van der Waals surface area (Å²) in [6.07, 6.45) is 0. The Bertz CT molecular complexity index is 294. The van der Waals surface area contributed by atoms with Gasteiger partial charge >= 0.3 is 0 Å². The van der Waals surface area contributed by atoms with Gasteiger partial charge in [0, 0.05) is 6.92 Å². The Morgan fingerprint density at radius 1 is 1.56 bits per heavy atom. The van der Waals surface area contributed by atoms with Crippen LogP contribution in [0.15, 0.2) is 0 Å². The monoisotopic (exact) mass is 255 g/mol. The summed E-state index contributed by atoms with van der Waals surface area (Å²) in [4.78, 5) is 9.01. The molecule has 0 rings (SSSR count). The van der Waals surface area contributed by atoms with Gasteiger partial charge in [-0.15, -0.1) is 0 Å². The smallest absolute Gasteiger partial charge is 0.100 e. The van der Waals surface area contributed by atoms with Gasteiger partial charge in [-0.3, -0.25) is 0 Å². The number of hydrogen-bond acceptors (Lipinski definition) is 7. The molecule has 0 fully saturated rings. The lowest BCUT2D eigenvalue weighted by Gasteiger charge is -2.01. The topological polar surface area (TPSA) is 158 Å². The Morgan fingerprint density at radius 3 is 1.94 bits per heavy atom. The summed E-state index contributed by atoms with van der Waals surface area (Å²) in [5, 5.41) is 25.5. The third-order valence-electron chi connectivity index (χ3n) is 0.786. The normalized spacial score (nSPS) is 8.69.